The SMILES string of the molecule is COc1ccc(F)c(-c2ccc(COC3CCCCO3)cc2OC(C)(C)CO[Si](C)(C)C(C)(C)C)c1. The van der Waals surface area contributed by atoms with E-state index in [9.17, 15) is 4.39 Å². The molecule has 1 saturated heterocycles. The Morgan fingerprint density at radius 3 is 2.39 bits per heavy atom. The summed E-state index contributed by atoms with van der Waals surface area (Å²) in [4.78, 5) is 0. The van der Waals surface area contributed by atoms with Gasteiger partial charge in [0.2, 0.25) is 0 Å². The van der Waals surface area contributed by atoms with E-state index in [-0.39, 0.29) is 17.1 Å². The lowest BCUT2D eigenvalue weighted by molar-refractivity contribution is -0.168. The summed E-state index contributed by atoms with van der Waals surface area (Å²) >= 11 is 0. The molecule has 7 heteroatoms. The van der Waals surface area contributed by atoms with Crippen molar-refractivity contribution in [2.45, 2.75) is 90.5 Å². The zero-order valence-electron chi connectivity index (χ0n) is 23.2. The summed E-state index contributed by atoms with van der Waals surface area (Å²) in [5.41, 5.74) is 1.39. The van der Waals surface area contributed by atoms with Crippen LogP contribution >= 0.6 is 0 Å². The van der Waals surface area contributed by atoms with Crippen molar-refractivity contribution in [3.8, 4) is 22.6 Å². The minimum Gasteiger partial charge on any atom is -0.497 e. The van der Waals surface area contributed by atoms with Gasteiger partial charge in [-0.1, -0.05) is 32.9 Å². The van der Waals surface area contributed by atoms with Crippen molar-refractivity contribution >= 4 is 8.32 Å². The minimum atomic E-state index is -1.96. The summed E-state index contributed by atoms with van der Waals surface area (Å²) in [7, 11) is -0.391. The molecule has 0 amide bonds. The predicted molar refractivity (Wildman–Crippen MR) is 145 cm³/mol. The largest absolute Gasteiger partial charge is 0.497 e. The van der Waals surface area contributed by atoms with Crippen LogP contribution < -0.4 is 9.47 Å². The van der Waals surface area contributed by atoms with Crippen LogP contribution in [0.3, 0.4) is 0 Å². The molecule has 1 atom stereocenters. The van der Waals surface area contributed by atoms with Crippen LogP contribution in [0, 0.1) is 5.82 Å². The lowest BCUT2D eigenvalue weighted by Crippen LogP contribution is -2.46. The van der Waals surface area contributed by atoms with E-state index in [1.165, 1.54) is 6.07 Å². The monoisotopic (exact) mass is 518 g/mol. The molecule has 0 bridgehead atoms. The van der Waals surface area contributed by atoms with E-state index in [1.54, 1.807) is 19.2 Å². The fourth-order valence-corrected chi connectivity index (χ4v) is 4.87. The normalized spacial score (nSPS) is 17.2. The standard InChI is InChI=1S/C29H43FO5Si/c1-28(2,3)36(7,8)34-20-29(4,5)35-26-17-21(19-33-27-11-9-10-16-32-27)12-14-23(26)24-18-22(31-6)13-15-25(24)30/h12-15,17-18,27H,9-11,16,19-20H2,1-8H3. The molecule has 0 radical (unpaired) electrons. The Bertz CT molecular complexity index is 1010. The zero-order valence-corrected chi connectivity index (χ0v) is 24.2. The first-order chi connectivity index (χ1) is 16.8. The van der Waals surface area contributed by atoms with Crippen LogP contribution in [0.4, 0.5) is 4.39 Å². The highest BCUT2D eigenvalue weighted by Crippen LogP contribution is 2.39. The average Bonchev–Trinajstić information content (AvgIpc) is 2.82. The maximum Gasteiger partial charge on any atom is 0.192 e. The molecule has 1 aliphatic heterocycles. The number of rotatable bonds is 10. The van der Waals surface area contributed by atoms with Gasteiger partial charge in [0.05, 0.1) is 20.3 Å². The first kappa shape index (κ1) is 28.6. The van der Waals surface area contributed by atoms with Gasteiger partial charge in [0.15, 0.2) is 14.6 Å². The average molecular weight is 519 g/mol. The molecule has 200 valence electrons. The molecule has 3 rings (SSSR count). The van der Waals surface area contributed by atoms with E-state index >= 15 is 0 Å². The van der Waals surface area contributed by atoms with Gasteiger partial charge in [-0.15, -0.1) is 0 Å². The van der Waals surface area contributed by atoms with Gasteiger partial charge in [-0.05, 0) is 81.1 Å². The molecular weight excluding hydrogens is 475 g/mol. The van der Waals surface area contributed by atoms with Crippen LogP contribution in [0.2, 0.25) is 18.1 Å². The molecular formula is C29H43FO5Si. The van der Waals surface area contributed by atoms with E-state index in [2.05, 4.69) is 33.9 Å². The van der Waals surface area contributed by atoms with Crippen molar-refractivity contribution in [2.24, 2.45) is 0 Å². The van der Waals surface area contributed by atoms with Crippen LogP contribution in [0.1, 0.15) is 59.4 Å². The van der Waals surface area contributed by atoms with E-state index < -0.39 is 13.9 Å². The molecule has 36 heavy (non-hydrogen) atoms. The van der Waals surface area contributed by atoms with Gasteiger partial charge in [-0.3, -0.25) is 0 Å². The molecule has 1 fully saturated rings. The second-order valence-corrected chi connectivity index (χ2v) is 16.5. The third-order valence-corrected chi connectivity index (χ3v) is 11.5. The summed E-state index contributed by atoms with van der Waals surface area (Å²) in [6, 6.07) is 10.5. The molecule has 2 aromatic carbocycles. The quantitative estimate of drug-likeness (QED) is 0.301. The summed E-state index contributed by atoms with van der Waals surface area (Å²) in [5, 5.41) is 0.0937. The topological polar surface area (TPSA) is 46.2 Å². The summed E-state index contributed by atoms with van der Waals surface area (Å²) < 4.78 is 45.0. The molecule has 1 heterocycles. The molecule has 0 aromatic heterocycles. The Balaban J connectivity index is 1.89. The number of halogens is 1. The van der Waals surface area contributed by atoms with Crippen molar-refractivity contribution < 1.29 is 27.8 Å². The van der Waals surface area contributed by atoms with E-state index in [1.807, 2.05) is 32.0 Å². The van der Waals surface area contributed by atoms with E-state index in [0.717, 1.165) is 31.4 Å². The minimum absolute atomic E-state index is 0.0937. The van der Waals surface area contributed by atoms with Crippen LogP contribution in [0.25, 0.3) is 11.1 Å². The fraction of sp³-hybridized carbons (Fsp3) is 0.586. The van der Waals surface area contributed by atoms with Crippen molar-refractivity contribution in [3.63, 3.8) is 0 Å². The van der Waals surface area contributed by atoms with Gasteiger partial charge in [0.25, 0.3) is 0 Å². The Morgan fingerprint density at radius 2 is 1.75 bits per heavy atom. The molecule has 0 saturated carbocycles. The van der Waals surface area contributed by atoms with Gasteiger partial charge >= 0.3 is 0 Å². The third kappa shape index (κ3) is 7.54. The van der Waals surface area contributed by atoms with E-state index in [0.29, 0.717) is 35.8 Å². The second-order valence-electron chi connectivity index (χ2n) is 11.7. The number of methoxy groups -OCH3 is 1. The van der Waals surface area contributed by atoms with Gasteiger partial charge in [0, 0.05) is 17.7 Å². The highest BCUT2D eigenvalue weighted by Gasteiger charge is 2.39. The smallest absolute Gasteiger partial charge is 0.192 e. The van der Waals surface area contributed by atoms with Crippen molar-refractivity contribution in [1.29, 1.82) is 0 Å². The number of benzene rings is 2. The van der Waals surface area contributed by atoms with Crippen molar-refractivity contribution in [2.75, 3.05) is 20.3 Å². The molecule has 1 aliphatic rings. The zero-order chi connectivity index (χ0) is 26.6. The molecule has 1 unspecified atom stereocenters. The van der Waals surface area contributed by atoms with Gasteiger partial charge in [-0.25, -0.2) is 4.39 Å². The molecule has 0 aliphatic carbocycles. The number of hydrogen-bond donors (Lipinski definition) is 0. The molecule has 2 aromatic rings. The Labute approximate surface area is 217 Å². The number of ether oxygens (including phenoxy) is 4. The summed E-state index contributed by atoms with van der Waals surface area (Å²) in [6.45, 7) is 16.7. The lowest BCUT2D eigenvalue weighted by atomic mass is 10.0. The van der Waals surface area contributed by atoms with Crippen LogP contribution in [0.5, 0.6) is 11.5 Å². The maximum absolute atomic E-state index is 15.0. The maximum atomic E-state index is 15.0. The van der Waals surface area contributed by atoms with Crippen molar-refractivity contribution in [1.82, 2.24) is 0 Å². The summed E-state index contributed by atoms with van der Waals surface area (Å²) in [6.07, 6.45) is 2.89. The second kappa shape index (κ2) is 11.6. The first-order valence-electron chi connectivity index (χ1n) is 12.8. The van der Waals surface area contributed by atoms with Crippen LogP contribution in [0.15, 0.2) is 36.4 Å². The Morgan fingerprint density at radius 1 is 1.00 bits per heavy atom. The highest BCUT2D eigenvalue weighted by atomic mass is 28.4. The van der Waals surface area contributed by atoms with Crippen molar-refractivity contribution in [3.05, 3.63) is 47.8 Å². The van der Waals surface area contributed by atoms with Gasteiger partial charge in [0.1, 0.15) is 22.9 Å². The predicted octanol–water partition coefficient (Wildman–Crippen LogP) is 7.72. The molecule has 0 spiro atoms. The Hall–Kier alpha value is -1.93. The first-order valence-corrected chi connectivity index (χ1v) is 15.8. The number of hydrogen-bond acceptors (Lipinski definition) is 5. The summed E-state index contributed by atoms with van der Waals surface area (Å²) in [5.74, 6) is 0.826. The third-order valence-electron chi connectivity index (χ3n) is 7.06. The van der Waals surface area contributed by atoms with Gasteiger partial charge < -0.3 is 23.4 Å². The van der Waals surface area contributed by atoms with Gasteiger partial charge in [-0.2, -0.15) is 0 Å². The van der Waals surface area contributed by atoms with Crippen LogP contribution in [-0.2, 0) is 20.5 Å². The van der Waals surface area contributed by atoms with E-state index in [4.69, 9.17) is 23.4 Å². The van der Waals surface area contributed by atoms with Crippen LogP contribution in [-0.4, -0.2) is 40.5 Å². The lowest BCUT2D eigenvalue weighted by Gasteiger charge is -2.39. The molecule has 0 N–H and O–H groups in total. The Kier molecular flexibility index (Phi) is 9.25. The fourth-order valence-electron chi connectivity index (χ4n) is 3.73. The molecule has 5 nitrogen and oxygen atoms in total. The highest BCUT2D eigenvalue weighted by molar-refractivity contribution is 6.74.